The lowest BCUT2D eigenvalue weighted by molar-refractivity contribution is 0.0744. The molecule has 1 aromatic rings. The molecule has 3 rings (SSSR count). The summed E-state index contributed by atoms with van der Waals surface area (Å²) in [7, 11) is 0. The highest BCUT2D eigenvalue weighted by Gasteiger charge is 2.32. The Bertz CT molecular complexity index is 574. The van der Waals surface area contributed by atoms with Crippen LogP contribution in [0.2, 0.25) is 0 Å². The van der Waals surface area contributed by atoms with Gasteiger partial charge < -0.3 is 10.0 Å². The van der Waals surface area contributed by atoms with Gasteiger partial charge >= 0.3 is 0 Å². The minimum absolute atomic E-state index is 0.143. The number of aliphatic hydroxyl groups is 1. The van der Waals surface area contributed by atoms with Crippen molar-refractivity contribution in [3.8, 4) is 11.8 Å². The fourth-order valence-corrected chi connectivity index (χ4v) is 3.47. The third-order valence-electron chi connectivity index (χ3n) is 4.05. The largest absolute Gasteiger partial charge is 0.384 e. The maximum Gasteiger partial charge on any atom is 0.263 e. The molecule has 0 atom stereocenters. The number of rotatable bonds is 5. The summed E-state index contributed by atoms with van der Waals surface area (Å²) in [5, 5.41) is 8.79. The lowest BCUT2D eigenvalue weighted by Gasteiger charge is -2.21. The van der Waals surface area contributed by atoms with E-state index in [0.29, 0.717) is 0 Å². The summed E-state index contributed by atoms with van der Waals surface area (Å²) in [6.07, 6.45) is 5.08. The quantitative estimate of drug-likeness (QED) is 0.850. The van der Waals surface area contributed by atoms with E-state index >= 15 is 0 Å². The molecule has 0 aliphatic heterocycles. The number of amides is 1. The molecule has 112 valence electrons. The molecule has 4 heteroatoms. The summed E-state index contributed by atoms with van der Waals surface area (Å²) in [4.78, 5) is 16.5. The first-order chi connectivity index (χ1) is 10.2. The summed E-state index contributed by atoms with van der Waals surface area (Å²) in [6, 6.07) is 1.95. The minimum atomic E-state index is -0.143. The van der Waals surface area contributed by atoms with E-state index in [1.165, 1.54) is 37.0 Å². The van der Waals surface area contributed by atoms with Gasteiger partial charge in [-0.2, -0.15) is 0 Å². The first kappa shape index (κ1) is 14.6. The van der Waals surface area contributed by atoms with Crippen LogP contribution >= 0.6 is 11.3 Å². The van der Waals surface area contributed by atoms with Crippen molar-refractivity contribution in [2.24, 2.45) is 11.8 Å². The first-order valence-electron chi connectivity index (χ1n) is 7.67. The Balaban J connectivity index is 1.74. The van der Waals surface area contributed by atoms with E-state index in [-0.39, 0.29) is 12.5 Å². The molecule has 1 heterocycles. The number of carbonyl (C=O) groups excluding carboxylic acids is 1. The van der Waals surface area contributed by atoms with Crippen molar-refractivity contribution in [3.63, 3.8) is 0 Å². The van der Waals surface area contributed by atoms with Crippen LogP contribution in [0.5, 0.6) is 0 Å². The molecule has 0 unspecified atom stereocenters. The summed E-state index contributed by atoms with van der Waals surface area (Å²) in [5.41, 5.74) is 1.03. The van der Waals surface area contributed by atoms with Crippen molar-refractivity contribution < 1.29 is 9.90 Å². The minimum Gasteiger partial charge on any atom is -0.384 e. The SMILES string of the molecule is Cc1cc(C(=O)N(CC2CC2)CC2CC2)sc1C#CCO. The van der Waals surface area contributed by atoms with Crippen molar-refractivity contribution >= 4 is 17.2 Å². The number of hydrogen-bond donors (Lipinski definition) is 1. The lowest BCUT2D eigenvalue weighted by Crippen LogP contribution is -2.34. The zero-order chi connectivity index (χ0) is 14.8. The Morgan fingerprint density at radius 3 is 2.48 bits per heavy atom. The highest BCUT2D eigenvalue weighted by molar-refractivity contribution is 7.14. The third-order valence-corrected chi connectivity index (χ3v) is 5.19. The van der Waals surface area contributed by atoms with Gasteiger partial charge in [0.15, 0.2) is 0 Å². The van der Waals surface area contributed by atoms with Crippen LogP contribution in [0.4, 0.5) is 0 Å². The lowest BCUT2D eigenvalue weighted by atomic mass is 10.2. The van der Waals surface area contributed by atoms with Crippen LogP contribution in [0, 0.1) is 30.6 Å². The van der Waals surface area contributed by atoms with Crippen molar-refractivity contribution in [2.75, 3.05) is 19.7 Å². The Labute approximate surface area is 130 Å². The summed E-state index contributed by atoms with van der Waals surface area (Å²) in [6.45, 7) is 3.67. The van der Waals surface area contributed by atoms with E-state index in [1.807, 2.05) is 13.0 Å². The van der Waals surface area contributed by atoms with Gasteiger partial charge in [-0.25, -0.2) is 0 Å². The zero-order valence-corrected chi connectivity index (χ0v) is 13.2. The second-order valence-electron chi connectivity index (χ2n) is 6.18. The molecule has 21 heavy (non-hydrogen) atoms. The molecule has 0 aromatic carbocycles. The maximum atomic E-state index is 12.7. The fraction of sp³-hybridized carbons (Fsp3) is 0.588. The van der Waals surface area contributed by atoms with E-state index in [0.717, 1.165) is 40.2 Å². The summed E-state index contributed by atoms with van der Waals surface area (Å²) < 4.78 is 0. The van der Waals surface area contributed by atoms with Gasteiger partial charge in [0, 0.05) is 13.1 Å². The molecule has 2 saturated carbocycles. The topological polar surface area (TPSA) is 40.5 Å². The van der Waals surface area contributed by atoms with E-state index in [1.54, 1.807) is 0 Å². The van der Waals surface area contributed by atoms with Crippen LogP contribution in [-0.2, 0) is 0 Å². The van der Waals surface area contributed by atoms with Gasteiger partial charge in [0.1, 0.15) is 6.61 Å². The van der Waals surface area contributed by atoms with Crippen LogP contribution in [0.3, 0.4) is 0 Å². The van der Waals surface area contributed by atoms with E-state index in [2.05, 4.69) is 16.7 Å². The van der Waals surface area contributed by atoms with E-state index in [4.69, 9.17) is 5.11 Å². The summed E-state index contributed by atoms with van der Waals surface area (Å²) >= 11 is 1.45. The first-order valence-corrected chi connectivity index (χ1v) is 8.48. The summed E-state index contributed by atoms with van der Waals surface area (Å²) in [5.74, 6) is 7.21. The molecule has 3 nitrogen and oxygen atoms in total. The van der Waals surface area contributed by atoms with E-state index < -0.39 is 0 Å². The molecular formula is C17H21NO2S. The molecule has 1 amide bonds. The molecule has 1 N–H and O–H groups in total. The van der Waals surface area contributed by atoms with Gasteiger partial charge in [0.25, 0.3) is 5.91 Å². The van der Waals surface area contributed by atoms with Crippen LogP contribution in [0.25, 0.3) is 0 Å². The smallest absolute Gasteiger partial charge is 0.263 e. The Morgan fingerprint density at radius 2 is 1.95 bits per heavy atom. The standard InChI is InChI=1S/C17H21NO2S/c1-12-9-16(21-15(12)3-2-8-19)17(20)18(10-13-4-5-13)11-14-6-7-14/h9,13-14,19H,4-8,10-11H2,1H3. The number of aryl methyl sites for hydroxylation is 1. The Kier molecular flexibility index (Phi) is 4.32. The number of nitrogens with zero attached hydrogens (tertiary/aromatic N) is 1. The number of hydrogen-bond acceptors (Lipinski definition) is 3. The number of aliphatic hydroxyl groups excluding tert-OH is 1. The molecule has 2 fully saturated rings. The van der Waals surface area contributed by atoms with Crippen molar-refractivity contribution in [2.45, 2.75) is 32.6 Å². The predicted octanol–water partition coefficient (Wildman–Crippen LogP) is 2.66. The molecule has 1 aromatic heterocycles. The molecule has 0 spiro atoms. The highest BCUT2D eigenvalue weighted by atomic mass is 32.1. The fourth-order valence-electron chi connectivity index (χ4n) is 2.45. The highest BCUT2D eigenvalue weighted by Crippen LogP contribution is 2.35. The Hall–Kier alpha value is -1.31. The molecule has 2 aliphatic carbocycles. The second-order valence-corrected chi connectivity index (χ2v) is 7.23. The van der Waals surface area contributed by atoms with Crippen molar-refractivity contribution in [1.82, 2.24) is 4.90 Å². The maximum absolute atomic E-state index is 12.7. The van der Waals surface area contributed by atoms with Gasteiger partial charge in [-0.05, 0) is 56.1 Å². The zero-order valence-electron chi connectivity index (χ0n) is 12.4. The third kappa shape index (κ3) is 3.87. The molecule has 0 bridgehead atoms. The van der Waals surface area contributed by atoms with E-state index in [9.17, 15) is 4.79 Å². The van der Waals surface area contributed by atoms with Crippen LogP contribution < -0.4 is 0 Å². The van der Waals surface area contributed by atoms with Crippen LogP contribution in [0.15, 0.2) is 6.07 Å². The second kappa shape index (κ2) is 6.21. The monoisotopic (exact) mass is 303 g/mol. The Morgan fingerprint density at radius 1 is 1.33 bits per heavy atom. The van der Waals surface area contributed by atoms with Gasteiger partial charge in [0.2, 0.25) is 0 Å². The number of thiophene rings is 1. The molecule has 2 aliphatic rings. The number of carbonyl (C=O) groups is 1. The van der Waals surface area contributed by atoms with Crippen molar-refractivity contribution in [3.05, 3.63) is 21.4 Å². The normalized spacial score (nSPS) is 17.2. The molecule has 0 radical (unpaired) electrons. The van der Waals surface area contributed by atoms with Crippen LogP contribution in [-0.4, -0.2) is 35.6 Å². The van der Waals surface area contributed by atoms with Gasteiger partial charge in [-0.15, -0.1) is 11.3 Å². The van der Waals surface area contributed by atoms with Crippen molar-refractivity contribution in [1.29, 1.82) is 0 Å². The van der Waals surface area contributed by atoms with Crippen LogP contribution in [0.1, 0.15) is 45.8 Å². The van der Waals surface area contributed by atoms with Gasteiger partial charge in [0.05, 0.1) is 9.75 Å². The van der Waals surface area contributed by atoms with Gasteiger partial charge in [-0.3, -0.25) is 4.79 Å². The van der Waals surface area contributed by atoms with Gasteiger partial charge in [-0.1, -0.05) is 11.8 Å². The average molecular weight is 303 g/mol. The average Bonchev–Trinajstić information content (AvgIpc) is 3.38. The predicted molar refractivity (Wildman–Crippen MR) is 84.4 cm³/mol. The molecular weight excluding hydrogens is 282 g/mol. The molecule has 0 saturated heterocycles.